The molecule has 2 aliphatic rings. The van der Waals surface area contributed by atoms with E-state index < -0.39 is 0 Å². The molecule has 0 amide bonds. The zero-order valence-electron chi connectivity index (χ0n) is 27.4. The maximum atomic E-state index is 6.55. The minimum absolute atomic E-state index is 0.144. The third kappa shape index (κ3) is 3.94. The van der Waals surface area contributed by atoms with Gasteiger partial charge in [0, 0.05) is 26.6 Å². The fraction of sp³-hybridized carbons (Fsp3) is 0.182. The molecule has 0 saturated carbocycles. The smallest absolute Gasteiger partial charge is 0.0582 e. The number of nitrogens with zero attached hydrogens (tertiary/aromatic N) is 1. The standard InChI is InChI=1S/C42H32ClN.C2H6/c1-41(2)34-22-29(43)16-17-30(34)31-23-36-39(24-35(31)41)44-38-18-15-27(25-11-7-5-8-12-25)19-32(38)33-20-28(26-13-9-6-10-14-26)21-37(40(33)44)42(36,3)4;1-2/h5-24H,1-4H3;1-2H3. The summed E-state index contributed by atoms with van der Waals surface area (Å²) in [5.41, 5.74) is 16.5. The van der Waals surface area contributed by atoms with E-state index in [-0.39, 0.29) is 10.8 Å². The lowest BCUT2D eigenvalue weighted by Crippen LogP contribution is -2.27. The predicted molar refractivity (Wildman–Crippen MR) is 198 cm³/mol. The maximum Gasteiger partial charge on any atom is 0.0582 e. The van der Waals surface area contributed by atoms with Crippen molar-refractivity contribution in [2.75, 3.05) is 0 Å². The van der Waals surface area contributed by atoms with Crippen LogP contribution in [-0.4, -0.2) is 4.57 Å². The first-order valence-corrected chi connectivity index (χ1v) is 16.8. The summed E-state index contributed by atoms with van der Waals surface area (Å²) in [6.45, 7) is 13.5. The van der Waals surface area contributed by atoms with E-state index in [1.807, 2.05) is 19.9 Å². The Labute approximate surface area is 277 Å². The van der Waals surface area contributed by atoms with Crippen LogP contribution in [0.1, 0.15) is 63.8 Å². The third-order valence-corrected chi connectivity index (χ3v) is 10.7. The normalized spacial score (nSPS) is 14.8. The van der Waals surface area contributed by atoms with Crippen LogP contribution in [0.2, 0.25) is 5.02 Å². The summed E-state index contributed by atoms with van der Waals surface area (Å²) in [6.07, 6.45) is 0. The molecular formula is C44H38ClN. The Morgan fingerprint density at radius 1 is 0.478 bits per heavy atom. The number of hydrogen-bond donors (Lipinski definition) is 0. The first kappa shape index (κ1) is 28.9. The van der Waals surface area contributed by atoms with Crippen molar-refractivity contribution < 1.29 is 0 Å². The van der Waals surface area contributed by atoms with Gasteiger partial charge in [-0.1, -0.05) is 126 Å². The number of aromatic nitrogens is 1. The van der Waals surface area contributed by atoms with Crippen molar-refractivity contribution in [3.63, 3.8) is 0 Å². The van der Waals surface area contributed by atoms with E-state index in [0.29, 0.717) is 0 Å². The molecule has 0 atom stereocenters. The van der Waals surface area contributed by atoms with E-state index >= 15 is 0 Å². The summed E-state index contributed by atoms with van der Waals surface area (Å²) >= 11 is 6.55. The molecule has 1 aromatic heterocycles. The summed E-state index contributed by atoms with van der Waals surface area (Å²) in [5, 5.41) is 3.39. The third-order valence-electron chi connectivity index (χ3n) is 10.4. The van der Waals surface area contributed by atoms with Gasteiger partial charge in [-0.05, 0) is 104 Å². The molecule has 9 rings (SSSR count). The largest absolute Gasteiger partial charge is 0.309 e. The van der Waals surface area contributed by atoms with Gasteiger partial charge in [-0.15, -0.1) is 0 Å². The lowest BCUT2D eigenvalue weighted by Gasteiger charge is -2.36. The van der Waals surface area contributed by atoms with Crippen LogP contribution in [0.4, 0.5) is 0 Å². The Bertz CT molecular complexity index is 2320. The van der Waals surface area contributed by atoms with E-state index in [1.165, 1.54) is 83.1 Å². The molecule has 46 heavy (non-hydrogen) atoms. The fourth-order valence-electron chi connectivity index (χ4n) is 8.05. The van der Waals surface area contributed by atoms with Crippen LogP contribution in [0.3, 0.4) is 0 Å². The molecule has 0 saturated heterocycles. The Kier molecular flexibility index (Phi) is 6.40. The number of halogens is 1. The van der Waals surface area contributed by atoms with Crippen LogP contribution >= 0.6 is 11.6 Å². The zero-order valence-corrected chi connectivity index (χ0v) is 28.1. The van der Waals surface area contributed by atoms with Crippen molar-refractivity contribution in [2.24, 2.45) is 0 Å². The molecular weight excluding hydrogens is 578 g/mol. The Balaban J connectivity index is 0.00000153. The van der Waals surface area contributed by atoms with E-state index in [4.69, 9.17) is 11.6 Å². The highest BCUT2D eigenvalue weighted by molar-refractivity contribution is 6.30. The van der Waals surface area contributed by atoms with Gasteiger partial charge >= 0.3 is 0 Å². The van der Waals surface area contributed by atoms with Crippen LogP contribution < -0.4 is 0 Å². The second-order valence-corrected chi connectivity index (χ2v) is 14.0. The van der Waals surface area contributed by atoms with Gasteiger partial charge in [-0.25, -0.2) is 0 Å². The Hall–Kier alpha value is -4.59. The van der Waals surface area contributed by atoms with Gasteiger partial charge < -0.3 is 4.57 Å². The summed E-state index contributed by atoms with van der Waals surface area (Å²) < 4.78 is 2.55. The molecule has 7 aromatic rings. The molecule has 0 fully saturated rings. The number of hydrogen-bond acceptors (Lipinski definition) is 0. The SMILES string of the molecule is CC.CC1(C)c2cc(Cl)ccc2-c2cc3c(cc21)-n1c2ccc(-c4ccccc4)cc2c2cc(-c4ccccc4)cc(c21)C3(C)C. The van der Waals surface area contributed by atoms with Gasteiger partial charge in [0.05, 0.1) is 16.7 Å². The molecule has 1 aliphatic heterocycles. The van der Waals surface area contributed by atoms with E-state index in [2.05, 4.69) is 148 Å². The summed E-state index contributed by atoms with van der Waals surface area (Å²) in [7, 11) is 0. The van der Waals surface area contributed by atoms with Crippen LogP contribution in [0.5, 0.6) is 0 Å². The summed E-state index contributed by atoms with van der Waals surface area (Å²) in [5.74, 6) is 0. The van der Waals surface area contributed by atoms with Gasteiger partial charge in [0.1, 0.15) is 0 Å². The highest BCUT2D eigenvalue weighted by Gasteiger charge is 2.41. The maximum absolute atomic E-state index is 6.55. The van der Waals surface area contributed by atoms with Gasteiger partial charge in [-0.2, -0.15) is 0 Å². The highest BCUT2D eigenvalue weighted by Crippen LogP contribution is 2.55. The van der Waals surface area contributed by atoms with Crippen molar-refractivity contribution >= 4 is 33.4 Å². The van der Waals surface area contributed by atoms with Crippen molar-refractivity contribution in [2.45, 2.75) is 52.4 Å². The van der Waals surface area contributed by atoms with Gasteiger partial charge in [-0.3, -0.25) is 0 Å². The minimum Gasteiger partial charge on any atom is -0.309 e. The average Bonchev–Trinajstić information content (AvgIpc) is 3.52. The topological polar surface area (TPSA) is 4.93 Å². The Morgan fingerprint density at radius 3 is 1.78 bits per heavy atom. The van der Waals surface area contributed by atoms with Crippen molar-refractivity contribution in [1.82, 2.24) is 4.57 Å². The lowest BCUT2D eigenvalue weighted by atomic mass is 9.72. The average molecular weight is 616 g/mol. The first-order chi connectivity index (χ1) is 22.2. The van der Waals surface area contributed by atoms with E-state index in [9.17, 15) is 0 Å². The first-order valence-electron chi connectivity index (χ1n) is 16.5. The van der Waals surface area contributed by atoms with Crippen LogP contribution in [0.15, 0.2) is 121 Å². The number of fused-ring (bicyclic) bond motifs is 8. The van der Waals surface area contributed by atoms with Gasteiger partial charge in [0.2, 0.25) is 0 Å². The van der Waals surface area contributed by atoms with Crippen molar-refractivity contribution in [3.05, 3.63) is 149 Å². The predicted octanol–water partition coefficient (Wildman–Crippen LogP) is 12.7. The van der Waals surface area contributed by atoms with E-state index in [1.54, 1.807) is 0 Å². The second kappa shape index (κ2) is 10.2. The van der Waals surface area contributed by atoms with E-state index in [0.717, 1.165) is 5.02 Å². The van der Waals surface area contributed by atoms with Crippen LogP contribution in [-0.2, 0) is 10.8 Å². The fourth-order valence-corrected chi connectivity index (χ4v) is 8.23. The van der Waals surface area contributed by atoms with Crippen molar-refractivity contribution in [3.8, 4) is 39.1 Å². The number of benzene rings is 6. The number of rotatable bonds is 2. The summed E-state index contributed by atoms with van der Waals surface area (Å²) in [6, 6.07) is 44.8. The molecule has 0 radical (unpaired) electrons. The van der Waals surface area contributed by atoms with Crippen LogP contribution in [0, 0.1) is 0 Å². The van der Waals surface area contributed by atoms with Crippen molar-refractivity contribution in [1.29, 1.82) is 0 Å². The lowest BCUT2D eigenvalue weighted by molar-refractivity contribution is 0.625. The quantitative estimate of drug-likeness (QED) is 0.182. The molecule has 6 aromatic carbocycles. The molecule has 0 bridgehead atoms. The monoisotopic (exact) mass is 615 g/mol. The van der Waals surface area contributed by atoms with Gasteiger partial charge in [0.25, 0.3) is 0 Å². The molecule has 2 heterocycles. The molecule has 1 nitrogen and oxygen atoms in total. The highest BCUT2D eigenvalue weighted by atomic mass is 35.5. The minimum atomic E-state index is -0.209. The molecule has 0 unspecified atom stereocenters. The zero-order chi connectivity index (χ0) is 32.0. The molecule has 1 aliphatic carbocycles. The van der Waals surface area contributed by atoms with Crippen LogP contribution in [0.25, 0.3) is 60.9 Å². The second-order valence-electron chi connectivity index (χ2n) is 13.6. The molecule has 226 valence electrons. The molecule has 0 spiro atoms. The Morgan fingerprint density at radius 2 is 1.09 bits per heavy atom. The van der Waals surface area contributed by atoms with Gasteiger partial charge in [0.15, 0.2) is 0 Å². The molecule has 0 N–H and O–H groups in total. The summed E-state index contributed by atoms with van der Waals surface area (Å²) in [4.78, 5) is 0. The molecule has 2 heteroatoms.